The number of hydrogen-bond donors (Lipinski definition) is 1. The van der Waals surface area contributed by atoms with Crippen LogP contribution in [0.15, 0.2) is 66.9 Å². The summed E-state index contributed by atoms with van der Waals surface area (Å²) in [6, 6.07) is 18.8. The molecule has 3 aromatic rings. The predicted octanol–water partition coefficient (Wildman–Crippen LogP) is 3.55. The maximum absolute atomic E-state index is 12.6. The van der Waals surface area contributed by atoms with Crippen molar-refractivity contribution < 1.29 is 13.7 Å². The molecule has 7 heteroatoms. The van der Waals surface area contributed by atoms with E-state index in [1.165, 1.54) is 0 Å². The van der Waals surface area contributed by atoms with Gasteiger partial charge < -0.3 is 10.1 Å². The lowest BCUT2D eigenvalue weighted by Crippen LogP contribution is -2.25. The second-order valence-corrected chi connectivity index (χ2v) is 8.69. The first kappa shape index (κ1) is 19.5. The number of nitrogens with zero attached hydrogens (tertiary/aromatic N) is 2. The number of carbonyl (C=O) groups is 1. The third-order valence-corrected chi connectivity index (χ3v) is 6.71. The molecule has 1 amide bonds. The molecule has 29 heavy (non-hydrogen) atoms. The Morgan fingerprint density at radius 1 is 1.10 bits per heavy atom. The highest BCUT2D eigenvalue weighted by atomic mass is 32.2. The zero-order valence-electron chi connectivity index (χ0n) is 16.0. The van der Waals surface area contributed by atoms with E-state index in [-0.39, 0.29) is 11.2 Å². The average Bonchev–Trinajstić information content (AvgIpc) is 3.26. The Morgan fingerprint density at radius 3 is 2.69 bits per heavy atom. The van der Waals surface area contributed by atoms with Gasteiger partial charge in [0.2, 0.25) is 0 Å². The number of nitrogens with one attached hydrogen (secondary N) is 1. The molecule has 2 aromatic carbocycles. The van der Waals surface area contributed by atoms with Crippen LogP contribution in [-0.4, -0.2) is 38.4 Å². The van der Waals surface area contributed by atoms with Gasteiger partial charge in [0.15, 0.2) is 5.69 Å². The molecule has 0 spiro atoms. The summed E-state index contributed by atoms with van der Waals surface area (Å²) in [4.78, 5) is 12.6. The van der Waals surface area contributed by atoms with Crippen molar-refractivity contribution in [3.63, 3.8) is 0 Å². The molecule has 2 heterocycles. The topological polar surface area (TPSA) is 73.2 Å². The largest absolute Gasteiger partial charge is 0.381 e. The van der Waals surface area contributed by atoms with Crippen molar-refractivity contribution in [2.45, 2.75) is 23.8 Å². The number of rotatable bonds is 6. The fourth-order valence-electron chi connectivity index (χ4n) is 3.32. The van der Waals surface area contributed by atoms with E-state index >= 15 is 0 Å². The van der Waals surface area contributed by atoms with Crippen LogP contribution in [0, 0.1) is 0 Å². The zero-order valence-corrected chi connectivity index (χ0v) is 16.8. The summed E-state index contributed by atoms with van der Waals surface area (Å²) in [5.74, 6) is 0.208. The van der Waals surface area contributed by atoms with Gasteiger partial charge in [-0.15, -0.1) is 0 Å². The van der Waals surface area contributed by atoms with Gasteiger partial charge in [0.1, 0.15) is 0 Å². The molecule has 1 N–H and O–H groups in total. The number of para-hydroxylation sites is 1. The quantitative estimate of drug-likeness (QED) is 0.676. The van der Waals surface area contributed by atoms with Gasteiger partial charge in [0.25, 0.3) is 5.91 Å². The molecule has 1 aliphatic rings. The minimum Gasteiger partial charge on any atom is -0.381 e. The molecule has 0 radical (unpaired) electrons. The second-order valence-electron chi connectivity index (χ2n) is 6.97. The number of benzene rings is 2. The van der Waals surface area contributed by atoms with Crippen molar-refractivity contribution in [3.05, 3.63) is 78.1 Å². The number of carbonyl (C=O) groups excluding carboxylic acids is 1. The highest BCUT2D eigenvalue weighted by Crippen LogP contribution is 2.19. The Kier molecular flexibility index (Phi) is 6.17. The molecule has 1 atom stereocenters. The first-order valence-electron chi connectivity index (χ1n) is 9.65. The van der Waals surface area contributed by atoms with Crippen molar-refractivity contribution in [1.29, 1.82) is 0 Å². The fourth-order valence-corrected chi connectivity index (χ4v) is 4.79. The summed E-state index contributed by atoms with van der Waals surface area (Å²) in [6.07, 6.45) is 3.44. The summed E-state index contributed by atoms with van der Waals surface area (Å²) >= 11 is 0. The number of aromatic nitrogens is 2. The van der Waals surface area contributed by atoms with Crippen LogP contribution in [0.2, 0.25) is 0 Å². The Morgan fingerprint density at radius 2 is 1.90 bits per heavy atom. The van der Waals surface area contributed by atoms with Crippen LogP contribution < -0.4 is 5.32 Å². The van der Waals surface area contributed by atoms with Crippen LogP contribution in [-0.2, 0) is 21.3 Å². The van der Waals surface area contributed by atoms with Crippen LogP contribution >= 0.6 is 0 Å². The van der Waals surface area contributed by atoms with Gasteiger partial charge in [-0.05, 0) is 48.7 Å². The minimum absolute atomic E-state index is 0.184. The molecule has 0 saturated carbocycles. The SMILES string of the molecule is O=C(Nc1cccc(CS(=O)C2CCOCC2)c1)c1ccn(-c2ccccc2)n1. The summed E-state index contributed by atoms with van der Waals surface area (Å²) in [5.41, 5.74) is 2.85. The Labute approximate surface area is 172 Å². The summed E-state index contributed by atoms with van der Waals surface area (Å²) in [6.45, 7) is 1.37. The second kappa shape index (κ2) is 9.15. The van der Waals surface area contributed by atoms with Crippen LogP contribution in [0.4, 0.5) is 5.69 Å². The Hall–Kier alpha value is -2.77. The first-order valence-corrected chi connectivity index (χ1v) is 11.0. The van der Waals surface area contributed by atoms with Gasteiger partial charge in [-0.25, -0.2) is 4.68 Å². The Balaban J connectivity index is 1.40. The summed E-state index contributed by atoms with van der Waals surface area (Å²) in [5, 5.41) is 7.42. The summed E-state index contributed by atoms with van der Waals surface area (Å²) in [7, 11) is -0.941. The van der Waals surface area contributed by atoms with E-state index < -0.39 is 10.8 Å². The predicted molar refractivity (Wildman–Crippen MR) is 114 cm³/mol. The monoisotopic (exact) mass is 409 g/mol. The number of hydrogen-bond acceptors (Lipinski definition) is 4. The molecule has 1 aliphatic heterocycles. The van der Waals surface area contributed by atoms with Crippen molar-refractivity contribution >= 4 is 22.4 Å². The normalized spacial score (nSPS) is 15.7. The fraction of sp³-hybridized carbons (Fsp3) is 0.273. The molecule has 4 rings (SSSR count). The van der Waals surface area contributed by atoms with Crippen molar-refractivity contribution in [3.8, 4) is 5.69 Å². The smallest absolute Gasteiger partial charge is 0.276 e. The van der Waals surface area contributed by atoms with Gasteiger partial charge in [-0.3, -0.25) is 9.00 Å². The standard InChI is InChI=1S/C22H23N3O3S/c26-22(21-9-12-25(24-21)19-7-2-1-3-8-19)23-18-6-4-5-17(15-18)16-29(27)20-10-13-28-14-11-20/h1-9,12,15,20H,10-11,13-14,16H2,(H,23,26). The molecule has 1 aromatic heterocycles. The van der Waals surface area contributed by atoms with E-state index in [1.54, 1.807) is 16.9 Å². The van der Waals surface area contributed by atoms with E-state index in [2.05, 4.69) is 10.4 Å². The maximum atomic E-state index is 12.6. The minimum atomic E-state index is -0.941. The molecular weight excluding hydrogens is 386 g/mol. The van der Waals surface area contributed by atoms with Crippen LogP contribution in [0.5, 0.6) is 0 Å². The van der Waals surface area contributed by atoms with Crippen LogP contribution in [0.1, 0.15) is 28.9 Å². The van der Waals surface area contributed by atoms with Gasteiger partial charge in [0, 0.05) is 46.9 Å². The van der Waals surface area contributed by atoms with Gasteiger partial charge >= 0.3 is 0 Å². The van der Waals surface area contributed by atoms with E-state index in [1.807, 2.05) is 54.6 Å². The van der Waals surface area contributed by atoms with Crippen molar-refractivity contribution in [2.24, 2.45) is 0 Å². The molecule has 1 unspecified atom stereocenters. The molecule has 1 saturated heterocycles. The third-order valence-electron chi connectivity index (χ3n) is 4.88. The van der Waals surface area contributed by atoms with Gasteiger partial charge in [0.05, 0.1) is 5.69 Å². The van der Waals surface area contributed by atoms with Crippen molar-refractivity contribution in [2.75, 3.05) is 18.5 Å². The average molecular weight is 410 g/mol. The number of ether oxygens (including phenoxy) is 1. The third kappa shape index (κ3) is 4.99. The molecule has 0 bridgehead atoms. The lowest BCUT2D eigenvalue weighted by Gasteiger charge is -2.21. The maximum Gasteiger partial charge on any atom is 0.276 e. The van der Waals surface area contributed by atoms with E-state index in [0.29, 0.717) is 30.3 Å². The molecule has 0 aliphatic carbocycles. The van der Waals surface area contributed by atoms with E-state index in [9.17, 15) is 9.00 Å². The highest BCUT2D eigenvalue weighted by Gasteiger charge is 2.20. The first-order chi connectivity index (χ1) is 14.2. The molecule has 150 valence electrons. The number of anilines is 1. The van der Waals surface area contributed by atoms with Gasteiger partial charge in [-0.1, -0.05) is 30.3 Å². The van der Waals surface area contributed by atoms with E-state index in [0.717, 1.165) is 24.1 Å². The lowest BCUT2D eigenvalue weighted by atomic mass is 10.2. The highest BCUT2D eigenvalue weighted by molar-refractivity contribution is 7.84. The van der Waals surface area contributed by atoms with E-state index in [4.69, 9.17) is 4.74 Å². The molecule has 1 fully saturated rings. The molecular formula is C22H23N3O3S. The van der Waals surface area contributed by atoms with Gasteiger partial charge in [-0.2, -0.15) is 5.10 Å². The van der Waals surface area contributed by atoms with Crippen LogP contribution in [0.25, 0.3) is 5.69 Å². The Bertz CT molecular complexity index is 997. The number of amides is 1. The summed E-state index contributed by atoms with van der Waals surface area (Å²) < 4.78 is 19.6. The van der Waals surface area contributed by atoms with Crippen LogP contribution in [0.3, 0.4) is 0 Å². The molecule has 6 nitrogen and oxygen atoms in total. The van der Waals surface area contributed by atoms with Crippen molar-refractivity contribution in [1.82, 2.24) is 9.78 Å². The zero-order chi connectivity index (χ0) is 20.1. The lowest BCUT2D eigenvalue weighted by molar-refractivity contribution is 0.0991.